The Morgan fingerprint density at radius 1 is 0.885 bits per heavy atom. The van der Waals surface area contributed by atoms with Gasteiger partial charge in [-0.1, -0.05) is 12.8 Å². The smallest absolute Gasteiger partial charge is 0.237 e. The summed E-state index contributed by atoms with van der Waals surface area (Å²) in [7, 11) is -3.31. The molecule has 2 aromatic rings. The van der Waals surface area contributed by atoms with Crippen LogP contribution < -0.4 is 0 Å². The van der Waals surface area contributed by atoms with Crippen LogP contribution in [0.15, 0.2) is 30.5 Å². The molecule has 0 saturated carbocycles. The molecule has 2 aliphatic rings. The van der Waals surface area contributed by atoms with Gasteiger partial charge < -0.3 is 0 Å². The number of nitrogens with zero attached hydrogens (tertiary/aromatic N) is 4. The van der Waals surface area contributed by atoms with Crippen molar-refractivity contribution in [3.63, 3.8) is 0 Å². The maximum atomic E-state index is 12.9. The Kier molecular flexibility index (Phi) is 5.20. The average Bonchev–Trinajstić information content (AvgIpc) is 2.98. The van der Waals surface area contributed by atoms with Gasteiger partial charge in [-0.2, -0.15) is 17.0 Å². The Hall–Kier alpha value is -1.57. The van der Waals surface area contributed by atoms with Gasteiger partial charge in [-0.05, 0) is 49.9 Å². The number of hydrogen-bond donors (Lipinski definition) is 0. The molecule has 0 unspecified atom stereocenters. The Labute approximate surface area is 155 Å². The number of aromatic nitrogens is 2. The highest BCUT2D eigenvalue weighted by Crippen LogP contribution is 2.30. The summed E-state index contributed by atoms with van der Waals surface area (Å²) in [6.07, 6.45) is 7.62. The minimum absolute atomic E-state index is 0.303. The normalized spacial score (nSPS) is 21.7. The molecule has 2 aliphatic heterocycles. The second-order valence-corrected chi connectivity index (χ2v) is 9.21. The van der Waals surface area contributed by atoms with Gasteiger partial charge in [-0.3, -0.25) is 0 Å². The van der Waals surface area contributed by atoms with Crippen LogP contribution in [-0.2, 0) is 10.2 Å². The minimum atomic E-state index is -3.31. The maximum Gasteiger partial charge on any atom is 0.281 e. The van der Waals surface area contributed by atoms with Crippen LogP contribution in [0.1, 0.15) is 50.1 Å². The molecule has 0 aliphatic carbocycles. The van der Waals surface area contributed by atoms with E-state index in [1.54, 1.807) is 14.8 Å². The first kappa shape index (κ1) is 17.8. The Balaban J connectivity index is 1.44. The molecule has 2 aromatic heterocycles. The zero-order valence-corrected chi connectivity index (χ0v) is 15.9. The average molecular weight is 375 g/mol. The molecule has 0 spiro atoms. The van der Waals surface area contributed by atoms with Crippen LogP contribution in [0.25, 0.3) is 11.0 Å². The van der Waals surface area contributed by atoms with Crippen molar-refractivity contribution in [2.75, 3.05) is 26.2 Å². The van der Waals surface area contributed by atoms with E-state index in [1.165, 1.54) is 0 Å². The number of pyridine rings is 2. The fourth-order valence-corrected chi connectivity index (χ4v) is 5.73. The number of hydrogen-bond acceptors (Lipinski definition) is 4. The van der Waals surface area contributed by atoms with Crippen molar-refractivity contribution in [1.82, 2.24) is 18.6 Å². The zero-order valence-electron chi connectivity index (χ0n) is 15.0. The molecule has 0 aromatic carbocycles. The van der Waals surface area contributed by atoms with Crippen LogP contribution in [0.2, 0.25) is 0 Å². The van der Waals surface area contributed by atoms with E-state index < -0.39 is 10.2 Å². The molecule has 2 saturated heterocycles. The van der Waals surface area contributed by atoms with Crippen molar-refractivity contribution in [2.45, 2.75) is 44.4 Å². The van der Waals surface area contributed by atoms with E-state index in [0.717, 1.165) is 55.3 Å². The lowest BCUT2D eigenvalue weighted by Crippen LogP contribution is -2.47. The molecule has 0 atom stereocenters. The van der Waals surface area contributed by atoms with E-state index in [0.29, 0.717) is 32.1 Å². The van der Waals surface area contributed by atoms with Crippen molar-refractivity contribution in [1.29, 1.82) is 0 Å². The third kappa shape index (κ3) is 3.61. The van der Waals surface area contributed by atoms with E-state index in [-0.39, 0.29) is 0 Å². The van der Waals surface area contributed by atoms with Crippen LogP contribution in [0.4, 0.5) is 0 Å². The van der Waals surface area contributed by atoms with Gasteiger partial charge in [0.15, 0.2) is 5.65 Å². The highest BCUT2D eigenvalue weighted by molar-refractivity contribution is 7.86. The molecule has 0 amide bonds. The summed E-state index contributed by atoms with van der Waals surface area (Å²) in [4.78, 5) is 9.04. The molecule has 0 radical (unpaired) electrons. The summed E-state index contributed by atoms with van der Waals surface area (Å²) in [6.45, 7) is 2.48. The summed E-state index contributed by atoms with van der Waals surface area (Å²) >= 11 is 0. The summed E-state index contributed by atoms with van der Waals surface area (Å²) in [5, 5.41) is 1.04. The topological polar surface area (TPSA) is 66.4 Å². The minimum Gasteiger partial charge on any atom is -0.237 e. The fourth-order valence-electron chi connectivity index (χ4n) is 4.01. The van der Waals surface area contributed by atoms with Crippen molar-refractivity contribution in [2.24, 2.45) is 0 Å². The van der Waals surface area contributed by atoms with Crippen molar-refractivity contribution in [3.05, 3.63) is 36.2 Å². The monoisotopic (exact) mass is 374 g/mol. The Morgan fingerprint density at radius 3 is 2.31 bits per heavy atom. The van der Waals surface area contributed by atoms with E-state index in [9.17, 15) is 8.42 Å². The number of rotatable bonds is 3. The number of piperidine rings is 1. The predicted octanol–water partition coefficient (Wildman–Crippen LogP) is 2.93. The Bertz CT molecular complexity index is 855. The van der Waals surface area contributed by atoms with Gasteiger partial charge in [0.25, 0.3) is 10.2 Å². The molecule has 4 heterocycles. The first-order valence-corrected chi connectivity index (χ1v) is 11.0. The van der Waals surface area contributed by atoms with Gasteiger partial charge in [0.05, 0.1) is 0 Å². The second-order valence-electron chi connectivity index (χ2n) is 7.28. The van der Waals surface area contributed by atoms with E-state index in [2.05, 4.69) is 17.1 Å². The van der Waals surface area contributed by atoms with Crippen LogP contribution in [0, 0.1) is 0 Å². The summed E-state index contributed by atoms with van der Waals surface area (Å²) in [6, 6.07) is 8.05. The highest BCUT2D eigenvalue weighted by atomic mass is 32.2. The lowest BCUT2D eigenvalue weighted by molar-refractivity contribution is 0.286. The number of fused-ring (bicyclic) bond motifs is 1. The molecule has 2 fully saturated rings. The molecule has 0 N–H and O–H groups in total. The van der Waals surface area contributed by atoms with E-state index in [4.69, 9.17) is 4.98 Å². The third-order valence-electron chi connectivity index (χ3n) is 5.58. The first-order valence-electron chi connectivity index (χ1n) is 9.61. The predicted molar refractivity (Wildman–Crippen MR) is 102 cm³/mol. The van der Waals surface area contributed by atoms with Crippen molar-refractivity contribution < 1.29 is 8.42 Å². The van der Waals surface area contributed by atoms with Crippen molar-refractivity contribution >= 4 is 21.2 Å². The molecule has 7 heteroatoms. The van der Waals surface area contributed by atoms with Crippen LogP contribution in [0.3, 0.4) is 0 Å². The SMILES string of the molecule is O=S(=O)(N1CCCCCC1)N1CCC(c2ccc3cccnc3n2)CC1. The molecule has 26 heavy (non-hydrogen) atoms. The van der Waals surface area contributed by atoms with Gasteiger partial charge in [0.1, 0.15) is 0 Å². The molecule has 140 valence electrons. The lowest BCUT2D eigenvalue weighted by Gasteiger charge is -2.34. The van der Waals surface area contributed by atoms with E-state index in [1.807, 2.05) is 12.1 Å². The van der Waals surface area contributed by atoms with Crippen molar-refractivity contribution in [3.8, 4) is 0 Å². The standard InChI is InChI=1S/C19H26N4O2S/c24-26(25,22-12-3-1-2-4-13-22)23-14-9-16(10-15-23)18-8-7-17-6-5-11-20-19(17)21-18/h5-8,11,16H,1-4,9-10,12-15H2. The van der Waals surface area contributed by atoms with E-state index >= 15 is 0 Å². The maximum absolute atomic E-state index is 12.9. The summed E-state index contributed by atoms with van der Waals surface area (Å²) in [5.41, 5.74) is 1.80. The zero-order chi connectivity index (χ0) is 18.0. The van der Waals surface area contributed by atoms with Gasteiger partial charge in [0.2, 0.25) is 0 Å². The summed E-state index contributed by atoms with van der Waals surface area (Å²) < 4.78 is 29.2. The molecular formula is C19H26N4O2S. The third-order valence-corrected chi connectivity index (χ3v) is 7.61. The molecule has 4 rings (SSSR count). The molecule has 6 nitrogen and oxygen atoms in total. The fraction of sp³-hybridized carbons (Fsp3) is 0.579. The quantitative estimate of drug-likeness (QED) is 0.828. The van der Waals surface area contributed by atoms with Gasteiger partial charge >= 0.3 is 0 Å². The van der Waals surface area contributed by atoms with Gasteiger partial charge in [0, 0.05) is 49.4 Å². The van der Waals surface area contributed by atoms with Gasteiger partial charge in [-0.25, -0.2) is 9.97 Å². The molecular weight excluding hydrogens is 348 g/mol. The largest absolute Gasteiger partial charge is 0.281 e. The molecule has 0 bridgehead atoms. The summed E-state index contributed by atoms with van der Waals surface area (Å²) in [5.74, 6) is 0.303. The van der Waals surface area contributed by atoms with Gasteiger partial charge in [-0.15, -0.1) is 0 Å². The highest BCUT2D eigenvalue weighted by Gasteiger charge is 2.33. The lowest BCUT2D eigenvalue weighted by atomic mass is 9.94. The first-order chi connectivity index (χ1) is 12.6. The Morgan fingerprint density at radius 2 is 1.58 bits per heavy atom. The van der Waals surface area contributed by atoms with Crippen LogP contribution in [-0.4, -0.2) is 53.2 Å². The second kappa shape index (κ2) is 7.58. The van der Waals surface area contributed by atoms with Crippen LogP contribution >= 0.6 is 0 Å². The van der Waals surface area contributed by atoms with Crippen LogP contribution in [0.5, 0.6) is 0 Å².